The number of carbonyl (C=O) groups is 1. The zero-order chi connectivity index (χ0) is 25.2. The Balaban J connectivity index is 1.33. The fourth-order valence-electron chi connectivity index (χ4n) is 3.83. The van der Waals surface area contributed by atoms with Gasteiger partial charge in [-0.2, -0.15) is 5.10 Å². The molecule has 0 aliphatic heterocycles. The van der Waals surface area contributed by atoms with Gasteiger partial charge in [-0.1, -0.05) is 17.7 Å². The highest BCUT2D eigenvalue weighted by Gasteiger charge is 2.17. The number of nitrogens with zero attached hydrogens (tertiary/aromatic N) is 6. The van der Waals surface area contributed by atoms with E-state index in [9.17, 15) is 4.79 Å². The number of nitrogens with one attached hydrogen (secondary N) is 2. The Morgan fingerprint density at radius 3 is 2.81 bits per heavy atom. The second-order valence-corrected chi connectivity index (χ2v) is 9.18. The van der Waals surface area contributed by atoms with Crippen molar-refractivity contribution in [3.05, 3.63) is 71.1 Å². The first-order valence-electron chi connectivity index (χ1n) is 11.4. The molecule has 4 heterocycles. The van der Waals surface area contributed by atoms with Crippen molar-refractivity contribution in [1.82, 2.24) is 40.2 Å². The molecular weight excluding hydrogens is 480 g/mol. The highest BCUT2D eigenvalue weighted by Crippen LogP contribution is 2.31. The summed E-state index contributed by atoms with van der Waals surface area (Å²) in [6.07, 6.45) is 7.67. The second kappa shape index (κ2) is 9.92. The van der Waals surface area contributed by atoms with Crippen molar-refractivity contribution in [1.29, 1.82) is 0 Å². The summed E-state index contributed by atoms with van der Waals surface area (Å²) in [7, 11) is 5.78. The van der Waals surface area contributed by atoms with Crippen LogP contribution in [-0.4, -0.2) is 67.9 Å². The summed E-state index contributed by atoms with van der Waals surface area (Å²) in [4.78, 5) is 22.0. The number of amides is 1. The molecule has 0 atom stereocenters. The van der Waals surface area contributed by atoms with Crippen LogP contribution in [0.3, 0.4) is 0 Å². The van der Waals surface area contributed by atoms with Gasteiger partial charge in [0.05, 0.1) is 18.2 Å². The summed E-state index contributed by atoms with van der Waals surface area (Å²) in [5.74, 6) is 0.638. The number of aromatic amines is 1. The SMILES string of the molecule is CN(C)CCNC(=O)c1ccc(Cc2nnc(-c3c[nH]c4ncc(-c5cnn(C)c5)cc34)o2)c(Cl)c1. The predicted octanol–water partition coefficient (Wildman–Crippen LogP) is 3.55. The van der Waals surface area contributed by atoms with E-state index >= 15 is 0 Å². The molecule has 0 bridgehead atoms. The smallest absolute Gasteiger partial charge is 0.251 e. The van der Waals surface area contributed by atoms with Gasteiger partial charge in [0.15, 0.2) is 0 Å². The highest BCUT2D eigenvalue weighted by molar-refractivity contribution is 6.31. The van der Waals surface area contributed by atoms with Gasteiger partial charge in [0.25, 0.3) is 5.91 Å². The van der Waals surface area contributed by atoms with Crippen molar-refractivity contribution < 1.29 is 9.21 Å². The fraction of sp³-hybridized carbons (Fsp3) is 0.240. The van der Waals surface area contributed by atoms with Crippen LogP contribution in [0.4, 0.5) is 0 Å². The number of hydrogen-bond donors (Lipinski definition) is 2. The minimum absolute atomic E-state index is 0.163. The highest BCUT2D eigenvalue weighted by atomic mass is 35.5. The lowest BCUT2D eigenvalue weighted by Crippen LogP contribution is -2.31. The lowest BCUT2D eigenvalue weighted by molar-refractivity contribution is 0.0951. The fourth-order valence-corrected chi connectivity index (χ4v) is 4.08. The van der Waals surface area contributed by atoms with Crippen LogP contribution in [0.25, 0.3) is 33.6 Å². The van der Waals surface area contributed by atoms with E-state index in [-0.39, 0.29) is 5.91 Å². The number of rotatable bonds is 8. The number of H-pyrrole nitrogens is 1. The number of carbonyl (C=O) groups excluding carboxylic acids is 1. The van der Waals surface area contributed by atoms with Crippen molar-refractivity contribution in [2.45, 2.75) is 6.42 Å². The number of halogens is 1. The molecule has 0 saturated heterocycles. The minimum Gasteiger partial charge on any atom is -0.420 e. The van der Waals surface area contributed by atoms with Gasteiger partial charge in [0.2, 0.25) is 11.8 Å². The molecule has 4 aromatic heterocycles. The molecule has 184 valence electrons. The first-order chi connectivity index (χ1) is 17.4. The van der Waals surface area contributed by atoms with E-state index in [1.165, 1.54) is 0 Å². The number of pyridine rings is 1. The van der Waals surface area contributed by atoms with Crippen LogP contribution in [0.1, 0.15) is 21.8 Å². The molecule has 0 fully saturated rings. The Morgan fingerprint density at radius 1 is 1.19 bits per heavy atom. The predicted molar refractivity (Wildman–Crippen MR) is 137 cm³/mol. The number of likely N-dealkylation sites (N-methyl/N-ethyl adjacent to an activating group) is 1. The molecule has 0 unspecified atom stereocenters. The monoisotopic (exact) mass is 504 g/mol. The first-order valence-corrected chi connectivity index (χ1v) is 11.8. The van der Waals surface area contributed by atoms with E-state index in [0.717, 1.165) is 39.8 Å². The summed E-state index contributed by atoms with van der Waals surface area (Å²) < 4.78 is 7.72. The van der Waals surface area contributed by atoms with Crippen LogP contribution in [0.2, 0.25) is 5.02 Å². The normalized spacial score (nSPS) is 11.5. The standard InChI is InChI=1S/C25H25ClN8O2/c1-33(2)7-6-27-24(35)16-5-4-15(21(26)9-16)10-22-31-32-25(36-22)20-13-29-23-19(20)8-17(11-28-23)18-12-30-34(3)14-18/h4-5,8-9,11-14H,6-7,10H2,1-3H3,(H,27,35)(H,28,29). The van der Waals surface area contributed by atoms with Crippen molar-refractivity contribution in [3.8, 4) is 22.6 Å². The largest absolute Gasteiger partial charge is 0.420 e. The molecule has 1 amide bonds. The first kappa shape index (κ1) is 23.7. The van der Waals surface area contributed by atoms with Gasteiger partial charge in [0, 0.05) is 65.8 Å². The maximum Gasteiger partial charge on any atom is 0.251 e. The van der Waals surface area contributed by atoms with E-state index in [2.05, 4.69) is 30.6 Å². The Hall–Kier alpha value is -4.02. The van der Waals surface area contributed by atoms with Crippen LogP contribution in [0, 0.1) is 0 Å². The van der Waals surface area contributed by atoms with Gasteiger partial charge < -0.3 is 19.6 Å². The van der Waals surface area contributed by atoms with E-state index < -0.39 is 0 Å². The molecule has 0 spiro atoms. The number of aryl methyl sites for hydroxylation is 1. The maximum atomic E-state index is 12.4. The Labute approximate surface area is 212 Å². The van der Waals surface area contributed by atoms with Crippen LogP contribution >= 0.6 is 11.6 Å². The van der Waals surface area contributed by atoms with Gasteiger partial charge >= 0.3 is 0 Å². The molecule has 5 aromatic rings. The van der Waals surface area contributed by atoms with Crippen LogP contribution in [0.5, 0.6) is 0 Å². The summed E-state index contributed by atoms with van der Waals surface area (Å²) in [5, 5.41) is 16.9. The Bertz CT molecular complexity index is 1530. The Morgan fingerprint density at radius 2 is 2.06 bits per heavy atom. The van der Waals surface area contributed by atoms with Crippen LogP contribution in [-0.2, 0) is 13.5 Å². The van der Waals surface area contributed by atoms with Crippen LogP contribution < -0.4 is 5.32 Å². The van der Waals surface area contributed by atoms with E-state index in [1.54, 1.807) is 35.4 Å². The average molecular weight is 505 g/mol. The lowest BCUT2D eigenvalue weighted by Gasteiger charge is -2.11. The summed E-state index contributed by atoms with van der Waals surface area (Å²) in [5.41, 5.74) is 4.68. The molecular formula is C25H25ClN8O2. The number of hydrogen-bond acceptors (Lipinski definition) is 7. The second-order valence-electron chi connectivity index (χ2n) is 8.77. The summed E-state index contributed by atoms with van der Waals surface area (Å²) in [6, 6.07) is 7.23. The molecule has 36 heavy (non-hydrogen) atoms. The molecule has 0 aliphatic rings. The number of aromatic nitrogens is 6. The Kier molecular flexibility index (Phi) is 6.53. The zero-order valence-corrected chi connectivity index (χ0v) is 20.9. The topological polar surface area (TPSA) is 118 Å². The molecule has 0 saturated carbocycles. The third-order valence-electron chi connectivity index (χ3n) is 5.77. The third-order valence-corrected chi connectivity index (χ3v) is 6.12. The molecule has 0 aliphatic carbocycles. The van der Waals surface area contributed by atoms with Gasteiger partial charge in [0.1, 0.15) is 5.65 Å². The van der Waals surface area contributed by atoms with Gasteiger partial charge in [-0.3, -0.25) is 9.48 Å². The van der Waals surface area contributed by atoms with Crippen molar-refractivity contribution in [2.24, 2.45) is 7.05 Å². The molecule has 1 aromatic carbocycles. The van der Waals surface area contributed by atoms with E-state index in [0.29, 0.717) is 35.3 Å². The van der Waals surface area contributed by atoms with E-state index in [4.69, 9.17) is 16.0 Å². The third kappa shape index (κ3) is 5.00. The minimum atomic E-state index is -0.163. The molecule has 0 radical (unpaired) electrons. The van der Waals surface area contributed by atoms with Crippen LogP contribution in [0.15, 0.2) is 53.5 Å². The van der Waals surface area contributed by atoms with Gasteiger partial charge in [-0.25, -0.2) is 4.98 Å². The van der Waals surface area contributed by atoms with Crippen molar-refractivity contribution >= 4 is 28.5 Å². The van der Waals surface area contributed by atoms with Crippen molar-refractivity contribution in [3.63, 3.8) is 0 Å². The molecule has 2 N–H and O–H groups in total. The lowest BCUT2D eigenvalue weighted by atomic mass is 10.1. The quantitative estimate of drug-likeness (QED) is 0.332. The summed E-state index contributed by atoms with van der Waals surface area (Å²) in [6.45, 7) is 1.32. The van der Waals surface area contributed by atoms with Crippen molar-refractivity contribution in [2.75, 3.05) is 27.2 Å². The maximum absolute atomic E-state index is 12.4. The van der Waals surface area contributed by atoms with Gasteiger partial charge in [-0.05, 0) is 37.9 Å². The number of benzene rings is 1. The number of fused-ring (bicyclic) bond motifs is 1. The molecule has 11 heteroatoms. The average Bonchev–Trinajstić information content (AvgIpc) is 3.59. The molecule has 5 rings (SSSR count). The zero-order valence-electron chi connectivity index (χ0n) is 20.1. The van der Waals surface area contributed by atoms with E-state index in [1.807, 2.05) is 44.4 Å². The van der Waals surface area contributed by atoms with Gasteiger partial charge in [-0.15, -0.1) is 10.2 Å². The molecule has 10 nitrogen and oxygen atoms in total. The summed E-state index contributed by atoms with van der Waals surface area (Å²) >= 11 is 6.47.